The molecule has 0 saturated carbocycles. The van der Waals surface area contributed by atoms with Crippen LogP contribution in [0, 0.1) is 0 Å². The van der Waals surface area contributed by atoms with Gasteiger partial charge in [-0.25, -0.2) is 14.4 Å². The van der Waals surface area contributed by atoms with Gasteiger partial charge in [-0.2, -0.15) is 0 Å². The number of benzene rings is 5. The first-order chi connectivity index (χ1) is 16.7. The molecule has 0 N–H and O–H groups in total. The van der Waals surface area contributed by atoms with Crippen LogP contribution in [0.15, 0.2) is 84.9 Å². The molecular weight excluding hydrogens is 442 g/mol. The molecule has 0 saturated heterocycles. The summed E-state index contributed by atoms with van der Waals surface area (Å²) in [5.41, 5.74) is 7.22. The normalized spacial score (nSPS) is 12.9. The van der Waals surface area contributed by atoms with Gasteiger partial charge in [-0.15, -0.1) is 0 Å². The first-order valence-corrected chi connectivity index (χ1v) is 11.6. The highest BCUT2D eigenvalue weighted by atomic mass is 35.5. The molecule has 0 fully saturated rings. The number of hydrogen-bond acceptors (Lipinski definition) is 2. The van der Waals surface area contributed by atoms with Crippen molar-refractivity contribution in [1.82, 2.24) is 23.2 Å². The maximum Gasteiger partial charge on any atom is 0.223 e. The Morgan fingerprint density at radius 2 is 0.941 bits per heavy atom. The predicted octanol–water partition coefficient (Wildman–Crippen LogP) is 7.09. The van der Waals surface area contributed by atoms with E-state index in [0.717, 1.165) is 50.2 Å². The quantitative estimate of drug-likeness (QED) is 0.245. The van der Waals surface area contributed by atoms with Crippen molar-refractivity contribution >= 4 is 83.3 Å². The second kappa shape index (κ2) is 5.58. The molecule has 0 aliphatic heterocycles. The van der Waals surface area contributed by atoms with E-state index in [1.165, 1.54) is 21.5 Å². The second-order valence-electron chi connectivity index (χ2n) is 9.00. The fourth-order valence-electron chi connectivity index (χ4n) is 5.71. The highest BCUT2D eigenvalue weighted by Crippen LogP contribution is 2.37. The molecule has 34 heavy (non-hydrogen) atoms. The minimum absolute atomic E-state index is 0.694. The summed E-state index contributed by atoms with van der Waals surface area (Å²) >= 11 is 6.70. The second-order valence-corrected chi connectivity index (χ2v) is 9.44. The van der Waals surface area contributed by atoms with Crippen molar-refractivity contribution in [1.29, 1.82) is 0 Å². The lowest BCUT2D eigenvalue weighted by Gasteiger charge is -2.01. The number of halogens is 1. The van der Waals surface area contributed by atoms with Crippen LogP contribution in [0.1, 0.15) is 0 Å². The number of imidazole rings is 4. The number of aromatic nitrogens is 5. The Morgan fingerprint density at radius 1 is 0.500 bits per heavy atom. The van der Waals surface area contributed by atoms with Crippen LogP contribution < -0.4 is 0 Å². The zero-order chi connectivity index (χ0) is 22.1. The van der Waals surface area contributed by atoms with Crippen molar-refractivity contribution < 1.29 is 0 Å². The molecule has 4 aromatic heterocycles. The van der Waals surface area contributed by atoms with E-state index >= 15 is 0 Å². The van der Waals surface area contributed by atoms with Gasteiger partial charge in [-0.1, -0.05) is 60.1 Å². The maximum atomic E-state index is 6.70. The Balaban J connectivity index is 1.56. The molecule has 9 rings (SSSR count). The molecule has 0 atom stereocenters. The van der Waals surface area contributed by atoms with Gasteiger partial charge in [-0.05, 0) is 57.9 Å². The van der Waals surface area contributed by atoms with Crippen LogP contribution in [0.5, 0.6) is 0 Å². The van der Waals surface area contributed by atoms with Crippen LogP contribution in [-0.2, 0) is 0 Å². The third kappa shape index (κ3) is 1.90. The molecule has 5 nitrogen and oxygen atoms in total. The molecule has 4 heterocycles. The smallest absolute Gasteiger partial charge is 0.223 e. The minimum atomic E-state index is 0.694. The van der Waals surface area contributed by atoms with Gasteiger partial charge in [0.25, 0.3) is 0 Å². The van der Waals surface area contributed by atoms with Gasteiger partial charge >= 0.3 is 0 Å². The van der Waals surface area contributed by atoms with Gasteiger partial charge in [-0.3, -0.25) is 8.80 Å². The highest BCUT2D eigenvalue weighted by Gasteiger charge is 2.24. The van der Waals surface area contributed by atoms with Crippen LogP contribution in [-0.4, -0.2) is 23.2 Å². The Hall–Kier alpha value is -4.35. The molecule has 0 bridgehead atoms. The highest BCUT2D eigenvalue weighted by molar-refractivity contribution is 6.32. The van der Waals surface area contributed by atoms with E-state index in [0.29, 0.717) is 5.02 Å². The fraction of sp³-hybridized carbons (Fsp3) is 0. The maximum absolute atomic E-state index is 6.70. The molecule has 0 amide bonds. The lowest BCUT2D eigenvalue weighted by molar-refractivity contribution is 1.15. The van der Waals surface area contributed by atoms with Gasteiger partial charge < -0.3 is 0 Å². The first-order valence-electron chi connectivity index (χ1n) is 11.2. The van der Waals surface area contributed by atoms with Crippen molar-refractivity contribution in [2.24, 2.45) is 0 Å². The summed E-state index contributed by atoms with van der Waals surface area (Å²) in [5.74, 6) is 1.70. The number of nitrogens with zero attached hydrogens (tertiary/aromatic N) is 5. The standard InChI is InChI=1S/C28H14ClN5/c29-19-13-24-26-25(14-19)33-23-12-18-8-4-2-6-16(18)10-21(23)31-28(33)34(26)27-30-20-9-15-5-1-3-7-17(15)11-22(20)32(24)27/h1-14H. The van der Waals surface area contributed by atoms with E-state index < -0.39 is 0 Å². The summed E-state index contributed by atoms with van der Waals surface area (Å²) in [6.45, 7) is 0. The van der Waals surface area contributed by atoms with Crippen molar-refractivity contribution in [3.8, 4) is 0 Å². The predicted molar refractivity (Wildman–Crippen MR) is 139 cm³/mol. The van der Waals surface area contributed by atoms with E-state index in [4.69, 9.17) is 21.6 Å². The van der Waals surface area contributed by atoms with Crippen LogP contribution in [0.2, 0.25) is 5.02 Å². The van der Waals surface area contributed by atoms with Crippen molar-refractivity contribution in [2.75, 3.05) is 0 Å². The third-order valence-electron chi connectivity index (χ3n) is 7.15. The number of hydrogen-bond donors (Lipinski definition) is 0. The molecule has 0 radical (unpaired) electrons. The van der Waals surface area contributed by atoms with Crippen molar-refractivity contribution in [2.45, 2.75) is 0 Å². The molecule has 5 aromatic carbocycles. The topological polar surface area (TPSA) is 39.0 Å². The monoisotopic (exact) mass is 455 g/mol. The fourth-order valence-corrected chi connectivity index (χ4v) is 5.91. The molecule has 0 aliphatic rings. The van der Waals surface area contributed by atoms with Gasteiger partial charge in [0.15, 0.2) is 0 Å². The lowest BCUT2D eigenvalue weighted by atomic mass is 10.1. The van der Waals surface area contributed by atoms with E-state index in [1.54, 1.807) is 0 Å². The minimum Gasteiger partial charge on any atom is -0.276 e. The molecule has 6 heteroatoms. The van der Waals surface area contributed by atoms with Crippen LogP contribution >= 0.6 is 11.6 Å². The Kier molecular flexibility index (Phi) is 2.82. The lowest BCUT2D eigenvalue weighted by Crippen LogP contribution is -1.87. The number of rotatable bonds is 0. The third-order valence-corrected chi connectivity index (χ3v) is 7.37. The zero-order valence-electron chi connectivity index (χ0n) is 17.7. The van der Waals surface area contributed by atoms with Gasteiger partial charge in [0, 0.05) is 5.02 Å². The summed E-state index contributed by atoms with van der Waals surface area (Å²) in [6.07, 6.45) is 0. The van der Waals surface area contributed by atoms with Crippen LogP contribution in [0.25, 0.3) is 71.7 Å². The SMILES string of the molecule is Clc1cc2c3c(c1)n1c4cc5ccccc5cc4nc1n3c1nc3cc4ccccc4cc3n21. The van der Waals surface area contributed by atoms with Crippen molar-refractivity contribution in [3.63, 3.8) is 0 Å². The summed E-state index contributed by atoms with van der Waals surface area (Å²) in [4.78, 5) is 10.2. The Labute approximate surface area is 196 Å². The number of fused-ring (bicyclic) bond motifs is 12. The van der Waals surface area contributed by atoms with Gasteiger partial charge in [0.1, 0.15) is 5.52 Å². The molecule has 0 aliphatic carbocycles. The summed E-state index contributed by atoms with van der Waals surface area (Å²) in [6, 6.07) is 29.6. The summed E-state index contributed by atoms with van der Waals surface area (Å²) < 4.78 is 6.61. The average Bonchev–Trinajstić information content (AvgIpc) is 3.55. The summed E-state index contributed by atoms with van der Waals surface area (Å²) in [7, 11) is 0. The molecular formula is C28H14ClN5. The van der Waals surface area contributed by atoms with E-state index in [9.17, 15) is 0 Å². The average molecular weight is 456 g/mol. The van der Waals surface area contributed by atoms with Gasteiger partial charge in [0.05, 0.1) is 33.1 Å². The Bertz CT molecular complexity index is 2140. The van der Waals surface area contributed by atoms with E-state index in [2.05, 4.69) is 86.0 Å². The molecule has 0 spiro atoms. The van der Waals surface area contributed by atoms with Crippen molar-refractivity contribution in [3.05, 3.63) is 90.0 Å². The Morgan fingerprint density at radius 3 is 1.41 bits per heavy atom. The van der Waals surface area contributed by atoms with Gasteiger partial charge in [0.2, 0.25) is 11.6 Å². The molecule has 9 aromatic rings. The molecule has 0 unspecified atom stereocenters. The first kappa shape index (κ1) is 17.2. The molecule has 158 valence electrons. The largest absolute Gasteiger partial charge is 0.276 e. The van der Waals surface area contributed by atoms with E-state index in [1.807, 2.05) is 12.1 Å². The van der Waals surface area contributed by atoms with Crippen LogP contribution in [0.4, 0.5) is 0 Å². The summed E-state index contributed by atoms with van der Waals surface area (Å²) in [5, 5.41) is 5.44. The zero-order valence-corrected chi connectivity index (χ0v) is 18.5. The van der Waals surface area contributed by atoms with E-state index in [-0.39, 0.29) is 0 Å². The van der Waals surface area contributed by atoms with Crippen LogP contribution in [0.3, 0.4) is 0 Å².